The van der Waals surface area contributed by atoms with Gasteiger partial charge in [-0.3, -0.25) is 19.4 Å². The zero-order chi connectivity index (χ0) is 20.0. The zero-order valence-electron chi connectivity index (χ0n) is 16.6. The number of rotatable bonds is 6. The predicted octanol–water partition coefficient (Wildman–Crippen LogP) is 0.964. The Hall–Kier alpha value is -2.51. The molecule has 8 nitrogen and oxygen atoms in total. The lowest BCUT2D eigenvalue weighted by Crippen LogP contribution is -2.50. The van der Waals surface area contributed by atoms with Gasteiger partial charge in [0.1, 0.15) is 5.69 Å². The van der Waals surface area contributed by atoms with Gasteiger partial charge in [-0.05, 0) is 12.8 Å². The summed E-state index contributed by atoms with van der Waals surface area (Å²) in [7, 11) is 0. The number of hydrogen-bond donors (Lipinski definition) is 0. The van der Waals surface area contributed by atoms with Crippen LogP contribution in [0, 0.1) is 12.8 Å². The lowest BCUT2D eigenvalue weighted by atomic mass is 10.2. The molecule has 2 rings (SSSR count). The van der Waals surface area contributed by atoms with Crippen molar-refractivity contribution in [1.82, 2.24) is 24.7 Å². The van der Waals surface area contributed by atoms with E-state index in [1.54, 1.807) is 27.8 Å². The van der Waals surface area contributed by atoms with Crippen LogP contribution < -0.4 is 0 Å². The smallest absolute Gasteiger partial charge is 0.274 e. The fraction of sp³-hybridized carbons (Fsp3) is 0.632. The van der Waals surface area contributed by atoms with Crippen molar-refractivity contribution in [2.24, 2.45) is 5.92 Å². The lowest BCUT2D eigenvalue weighted by Gasteiger charge is -2.34. The first kappa shape index (κ1) is 20.8. The number of aromatic nitrogens is 2. The largest absolute Gasteiger partial charge is 0.339 e. The van der Waals surface area contributed by atoms with Crippen molar-refractivity contribution in [2.75, 3.05) is 39.3 Å². The fourth-order valence-electron chi connectivity index (χ4n) is 3.04. The Morgan fingerprint density at radius 1 is 1.07 bits per heavy atom. The standard InChI is InChI=1S/C19H29N5O3/c1-14(2)13-24(19(27)17-12-20-15(3)11-21-17)6-5-18(26)23-9-7-22(8-10-23)16(4)25/h11-12,14H,5-10,13H2,1-4H3. The van der Waals surface area contributed by atoms with E-state index in [1.807, 2.05) is 20.8 Å². The molecular weight excluding hydrogens is 346 g/mol. The average molecular weight is 375 g/mol. The Kier molecular flexibility index (Phi) is 7.27. The Balaban J connectivity index is 1.94. The molecule has 0 N–H and O–H groups in total. The lowest BCUT2D eigenvalue weighted by molar-refractivity contribution is -0.138. The Morgan fingerprint density at radius 2 is 1.70 bits per heavy atom. The van der Waals surface area contributed by atoms with Crippen LogP contribution in [-0.2, 0) is 9.59 Å². The monoisotopic (exact) mass is 375 g/mol. The molecule has 148 valence electrons. The number of carbonyl (C=O) groups is 3. The van der Waals surface area contributed by atoms with Crippen LogP contribution in [-0.4, -0.2) is 81.7 Å². The molecule has 0 spiro atoms. The fourth-order valence-corrected chi connectivity index (χ4v) is 3.04. The summed E-state index contributed by atoms with van der Waals surface area (Å²) in [6, 6.07) is 0. The predicted molar refractivity (Wildman–Crippen MR) is 101 cm³/mol. The van der Waals surface area contributed by atoms with Crippen molar-refractivity contribution < 1.29 is 14.4 Å². The van der Waals surface area contributed by atoms with Crippen LogP contribution in [0.3, 0.4) is 0 Å². The van der Waals surface area contributed by atoms with Crippen LogP contribution in [0.4, 0.5) is 0 Å². The molecule has 1 saturated heterocycles. The molecule has 1 aromatic heterocycles. The van der Waals surface area contributed by atoms with Crippen LogP contribution in [0.15, 0.2) is 12.4 Å². The quantitative estimate of drug-likeness (QED) is 0.739. The van der Waals surface area contributed by atoms with Gasteiger partial charge in [0.15, 0.2) is 0 Å². The third-order valence-corrected chi connectivity index (χ3v) is 4.55. The first-order valence-corrected chi connectivity index (χ1v) is 9.39. The second-order valence-electron chi connectivity index (χ2n) is 7.32. The number of hydrogen-bond acceptors (Lipinski definition) is 5. The van der Waals surface area contributed by atoms with Crippen molar-refractivity contribution in [3.8, 4) is 0 Å². The number of nitrogens with zero attached hydrogens (tertiary/aromatic N) is 5. The SMILES string of the molecule is CC(=O)N1CCN(C(=O)CCN(CC(C)C)C(=O)c2cnc(C)cn2)CC1. The summed E-state index contributed by atoms with van der Waals surface area (Å²) < 4.78 is 0. The van der Waals surface area contributed by atoms with E-state index in [0.717, 1.165) is 5.69 Å². The summed E-state index contributed by atoms with van der Waals surface area (Å²) in [4.78, 5) is 50.2. The van der Waals surface area contributed by atoms with E-state index in [4.69, 9.17) is 0 Å². The molecule has 0 unspecified atom stereocenters. The molecule has 0 saturated carbocycles. The molecule has 8 heteroatoms. The van der Waals surface area contributed by atoms with E-state index in [2.05, 4.69) is 9.97 Å². The van der Waals surface area contributed by atoms with E-state index in [1.165, 1.54) is 6.20 Å². The maximum Gasteiger partial charge on any atom is 0.274 e. The minimum atomic E-state index is -0.203. The van der Waals surface area contributed by atoms with Gasteiger partial charge in [-0.25, -0.2) is 4.98 Å². The summed E-state index contributed by atoms with van der Waals surface area (Å²) in [6.45, 7) is 10.5. The van der Waals surface area contributed by atoms with E-state index < -0.39 is 0 Å². The van der Waals surface area contributed by atoms with Crippen molar-refractivity contribution >= 4 is 17.7 Å². The molecule has 0 radical (unpaired) electrons. The van der Waals surface area contributed by atoms with Gasteiger partial charge in [-0.15, -0.1) is 0 Å². The molecule has 0 bridgehead atoms. The highest BCUT2D eigenvalue weighted by Crippen LogP contribution is 2.09. The van der Waals surface area contributed by atoms with Crippen molar-refractivity contribution in [1.29, 1.82) is 0 Å². The van der Waals surface area contributed by atoms with Gasteiger partial charge >= 0.3 is 0 Å². The summed E-state index contributed by atoms with van der Waals surface area (Å²) in [5.74, 6) is 0.122. The van der Waals surface area contributed by atoms with Gasteiger partial charge in [-0.1, -0.05) is 13.8 Å². The molecule has 0 atom stereocenters. The maximum absolute atomic E-state index is 12.8. The number of aryl methyl sites for hydroxylation is 1. The minimum Gasteiger partial charge on any atom is -0.339 e. The van der Waals surface area contributed by atoms with Crippen LogP contribution in [0.2, 0.25) is 0 Å². The molecule has 1 aliphatic rings. The topological polar surface area (TPSA) is 86.7 Å². The molecule has 1 aliphatic heterocycles. The maximum atomic E-state index is 12.8. The molecule has 0 aromatic carbocycles. The Bertz CT molecular complexity index is 666. The molecule has 3 amide bonds. The highest BCUT2D eigenvalue weighted by Gasteiger charge is 2.24. The van der Waals surface area contributed by atoms with E-state index in [0.29, 0.717) is 45.0 Å². The van der Waals surface area contributed by atoms with Crippen molar-refractivity contribution in [3.63, 3.8) is 0 Å². The van der Waals surface area contributed by atoms with Crippen LogP contribution in [0.25, 0.3) is 0 Å². The van der Waals surface area contributed by atoms with Gasteiger partial charge < -0.3 is 14.7 Å². The molecule has 27 heavy (non-hydrogen) atoms. The second-order valence-corrected chi connectivity index (χ2v) is 7.32. The van der Waals surface area contributed by atoms with E-state index >= 15 is 0 Å². The molecular formula is C19H29N5O3. The summed E-state index contributed by atoms with van der Waals surface area (Å²) in [5, 5.41) is 0. The molecule has 1 aromatic rings. The summed E-state index contributed by atoms with van der Waals surface area (Å²) in [6.07, 6.45) is 3.31. The molecule has 1 fully saturated rings. The zero-order valence-corrected chi connectivity index (χ0v) is 16.6. The number of carbonyl (C=O) groups excluding carboxylic acids is 3. The number of amides is 3. The minimum absolute atomic E-state index is 0.00903. The first-order chi connectivity index (χ1) is 12.8. The average Bonchev–Trinajstić information content (AvgIpc) is 2.64. The first-order valence-electron chi connectivity index (χ1n) is 9.39. The van der Waals surface area contributed by atoms with Crippen molar-refractivity contribution in [2.45, 2.75) is 34.1 Å². The van der Waals surface area contributed by atoms with Gasteiger partial charge in [0, 0.05) is 58.8 Å². The second kappa shape index (κ2) is 9.43. The van der Waals surface area contributed by atoms with Crippen molar-refractivity contribution in [3.05, 3.63) is 23.8 Å². The third-order valence-electron chi connectivity index (χ3n) is 4.55. The van der Waals surface area contributed by atoms with Gasteiger partial charge in [-0.2, -0.15) is 0 Å². The highest BCUT2D eigenvalue weighted by atomic mass is 16.2. The number of piperazine rings is 1. The van der Waals surface area contributed by atoms with E-state index in [9.17, 15) is 14.4 Å². The Labute approximate surface area is 160 Å². The summed E-state index contributed by atoms with van der Waals surface area (Å²) in [5.41, 5.74) is 1.05. The van der Waals surface area contributed by atoms with Crippen LogP contribution in [0.1, 0.15) is 43.4 Å². The highest BCUT2D eigenvalue weighted by molar-refractivity contribution is 5.92. The Morgan fingerprint density at radius 3 is 2.22 bits per heavy atom. The normalized spacial score (nSPS) is 14.4. The van der Waals surface area contributed by atoms with Crippen LogP contribution >= 0.6 is 0 Å². The molecule has 2 heterocycles. The van der Waals surface area contributed by atoms with Gasteiger partial charge in [0.05, 0.1) is 11.9 Å². The van der Waals surface area contributed by atoms with Gasteiger partial charge in [0.25, 0.3) is 5.91 Å². The third kappa shape index (κ3) is 6.01. The van der Waals surface area contributed by atoms with E-state index in [-0.39, 0.29) is 30.1 Å². The van der Waals surface area contributed by atoms with Crippen LogP contribution in [0.5, 0.6) is 0 Å². The summed E-state index contributed by atoms with van der Waals surface area (Å²) >= 11 is 0. The van der Waals surface area contributed by atoms with Gasteiger partial charge in [0.2, 0.25) is 11.8 Å². The molecule has 0 aliphatic carbocycles.